The minimum atomic E-state index is -3.58. The number of ketones is 1. The Labute approximate surface area is 135 Å². The van der Waals surface area contributed by atoms with Gasteiger partial charge in [0.25, 0.3) is 0 Å². The minimum Gasteiger partial charge on any atom is -0.294 e. The Morgan fingerprint density at radius 3 is 2.23 bits per heavy atom. The largest absolute Gasteiger partial charge is 0.294 e. The number of carbonyl (C=O) groups excluding carboxylic acids is 1. The molecule has 2 aromatic carbocycles. The number of rotatable bonds is 6. The molecule has 0 saturated carbocycles. The van der Waals surface area contributed by atoms with Crippen LogP contribution >= 0.6 is 11.6 Å². The number of aryl methyl sites for hydroxylation is 1. The molecule has 0 saturated heterocycles. The van der Waals surface area contributed by atoms with Gasteiger partial charge in [0.15, 0.2) is 5.78 Å². The van der Waals surface area contributed by atoms with Crippen LogP contribution < -0.4 is 4.72 Å². The van der Waals surface area contributed by atoms with Crippen LogP contribution in [0.15, 0.2) is 53.4 Å². The maximum Gasteiger partial charge on any atom is 0.240 e. The highest BCUT2D eigenvalue weighted by Crippen LogP contribution is 2.12. The summed E-state index contributed by atoms with van der Waals surface area (Å²) in [4.78, 5) is 12.1. The van der Waals surface area contributed by atoms with E-state index in [0.717, 1.165) is 5.56 Å². The van der Waals surface area contributed by atoms with E-state index in [1.807, 2.05) is 6.92 Å². The van der Waals surface area contributed by atoms with Crippen molar-refractivity contribution in [1.29, 1.82) is 0 Å². The number of benzene rings is 2. The molecule has 22 heavy (non-hydrogen) atoms. The maximum atomic E-state index is 12.1. The van der Waals surface area contributed by atoms with E-state index >= 15 is 0 Å². The van der Waals surface area contributed by atoms with Gasteiger partial charge < -0.3 is 0 Å². The van der Waals surface area contributed by atoms with Crippen LogP contribution in [0.5, 0.6) is 0 Å². The molecule has 0 radical (unpaired) electrons. The number of sulfonamides is 1. The summed E-state index contributed by atoms with van der Waals surface area (Å²) < 4.78 is 26.6. The predicted molar refractivity (Wildman–Crippen MR) is 86.8 cm³/mol. The van der Waals surface area contributed by atoms with Gasteiger partial charge in [0, 0.05) is 23.6 Å². The molecule has 0 bridgehead atoms. The topological polar surface area (TPSA) is 63.2 Å². The number of hydrogen-bond acceptors (Lipinski definition) is 3. The van der Waals surface area contributed by atoms with Crippen molar-refractivity contribution < 1.29 is 13.2 Å². The first-order valence-electron chi connectivity index (χ1n) is 6.73. The smallest absolute Gasteiger partial charge is 0.240 e. The fourth-order valence-corrected chi connectivity index (χ4v) is 3.04. The molecule has 0 spiro atoms. The zero-order valence-electron chi connectivity index (χ0n) is 12.0. The van der Waals surface area contributed by atoms with Crippen molar-refractivity contribution in [2.75, 3.05) is 6.54 Å². The van der Waals surface area contributed by atoms with Crippen molar-refractivity contribution in [3.05, 3.63) is 64.7 Å². The van der Waals surface area contributed by atoms with E-state index in [9.17, 15) is 13.2 Å². The summed E-state index contributed by atoms with van der Waals surface area (Å²) in [5.74, 6) is -0.136. The molecule has 0 fully saturated rings. The van der Waals surface area contributed by atoms with Gasteiger partial charge in [-0.1, -0.05) is 29.3 Å². The van der Waals surface area contributed by atoms with E-state index in [2.05, 4.69) is 4.72 Å². The van der Waals surface area contributed by atoms with Gasteiger partial charge in [-0.25, -0.2) is 13.1 Å². The van der Waals surface area contributed by atoms with Gasteiger partial charge in [0.05, 0.1) is 4.90 Å². The second-order valence-corrected chi connectivity index (χ2v) is 7.09. The SMILES string of the molecule is Cc1ccc(S(=O)(=O)NCCC(=O)c2ccc(Cl)cc2)cc1. The Balaban J connectivity index is 1.94. The fraction of sp³-hybridized carbons (Fsp3) is 0.188. The summed E-state index contributed by atoms with van der Waals surface area (Å²) in [6, 6.07) is 13.0. The van der Waals surface area contributed by atoms with E-state index < -0.39 is 10.0 Å². The molecule has 0 aliphatic heterocycles. The standard InChI is InChI=1S/C16H16ClNO3S/c1-12-2-8-15(9-3-12)22(20,21)18-11-10-16(19)13-4-6-14(17)7-5-13/h2-9,18H,10-11H2,1H3. The van der Waals surface area contributed by atoms with Crippen LogP contribution in [0.2, 0.25) is 5.02 Å². The lowest BCUT2D eigenvalue weighted by atomic mass is 10.1. The summed E-state index contributed by atoms with van der Waals surface area (Å²) in [5, 5.41) is 0.552. The highest BCUT2D eigenvalue weighted by molar-refractivity contribution is 7.89. The van der Waals surface area contributed by atoms with Crippen LogP contribution in [0.25, 0.3) is 0 Å². The van der Waals surface area contributed by atoms with Gasteiger partial charge >= 0.3 is 0 Å². The average molecular weight is 338 g/mol. The number of halogens is 1. The van der Waals surface area contributed by atoms with Gasteiger partial charge in [-0.15, -0.1) is 0 Å². The second kappa shape index (κ2) is 7.05. The van der Waals surface area contributed by atoms with Crippen LogP contribution in [-0.2, 0) is 10.0 Å². The van der Waals surface area contributed by atoms with Crippen LogP contribution in [-0.4, -0.2) is 20.7 Å². The van der Waals surface area contributed by atoms with E-state index in [0.29, 0.717) is 10.6 Å². The molecule has 2 rings (SSSR count). The number of hydrogen-bond donors (Lipinski definition) is 1. The molecule has 0 unspecified atom stereocenters. The maximum absolute atomic E-state index is 12.1. The molecule has 6 heteroatoms. The third-order valence-electron chi connectivity index (χ3n) is 3.14. The van der Waals surface area contributed by atoms with Crippen molar-refractivity contribution in [2.45, 2.75) is 18.2 Å². The molecule has 0 aliphatic rings. The van der Waals surface area contributed by atoms with Crippen LogP contribution in [0.4, 0.5) is 0 Å². The summed E-state index contributed by atoms with van der Waals surface area (Å²) in [6.45, 7) is 1.94. The van der Waals surface area contributed by atoms with Crippen molar-refractivity contribution >= 4 is 27.4 Å². The first kappa shape index (κ1) is 16.7. The summed E-state index contributed by atoms with van der Waals surface area (Å²) in [7, 11) is -3.58. The molecule has 0 atom stereocenters. The molecule has 116 valence electrons. The minimum absolute atomic E-state index is 0.0532. The zero-order chi connectivity index (χ0) is 16.2. The third kappa shape index (κ3) is 4.40. The Kier molecular flexibility index (Phi) is 5.34. The van der Waals surface area contributed by atoms with Gasteiger partial charge in [-0.05, 0) is 43.3 Å². The molecule has 0 aromatic heterocycles. The number of carbonyl (C=O) groups is 1. The lowest BCUT2D eigenvalue weighted by Crippen LogP contribution is -2.26. The molecular weight excluding hydrogens is 322 g/mol. The average Bonchev–Trinajstić information content (AvgIpc) is 2.48. The number of Topliss-reactive ketones (excluding diaryl/α,β-unsaturated/α-hetero) is 1. The summed E-state index contributed by atoms with van der Waals surface area (Å²) in [6.07, 6.45) is 0.0900. The van der Waals surface area contributed by atoms with Crippen LogP contribution in [0.1, 0.15) is 22.3 Å². The lowest BCUT2D eigenvalue weighted by molar-refractivity contribution is 0.0984. The molecule has 1 N–H and O–H groups in total. The van der Waals surface area contributed by atoms with Crippen LogP contribution in [0.3, 0.4) is 0 Å². The Morgan fingerprint density at radius 1 is 1.05 bits per heavy atom. The molecule has 0 aliphatic carbocycles. The second-order valence-electron chi connectivity index (χ2n) is 4.89. The molecule has 0 heterocycles. The first-order chi connectivity index (χ1) is 10.4. The number of nitrogens with one attached hydrogen (secondary N) is 1. The van der Waals surface area contributed by atoms with E-state index in [1.165, 1.54) is 0 Å². The van der Waals surface area contributed by atoms with Gasteiger partial charge in [0.2, 0.25) is 10.0 Å². The first-order valence-corrected chi connectivity index (χ1v) is 8.60. The van der Waals surface area contributed by atoms with Crippen molar-refractivity contribution in [3.63, 3.8) is 0 Å². The van der Waals surface area contributed by atoms with Crippen LogP contribution in [0, 0.1) is 6.92 Å². The van der Waals surface area contributed by atoms with Crippen molar-refractivity contribution in [2.24, 2.45) is 0 Å². The van der Waals surface area contributed by atoms with Crippen molar-refractivity contribution in [3.8, 4) is 0 Å². The quantitative estimate of drug-likeness (QED) is 0.823. The Bertz CT molecular complexity index is 753. The summed E-state index contributed by atoms with van der Waals surface area (Å²) in [5.41, 5.74) is 1.50. The van der Waals surface area contributed by atoms with E-state index in [-0.39, 0.29) is 23.6 Å². The Morgan fingerprint density at radius 2 is 1.64 bits per heavy atom. The molecule has 2 aromatic rings. The van der Waals surface area contributed by atoms with Gasteiger partial charge in [-0.3, -0.25) is 4.79 Å². The molecule has 4 nitrogen and oxygen atoms in total. The molecular formula is C16H16ClNO3S. The highest BCUT2D eigenvalue weighted by Gasteiger charge is 2.14. The monoisotopic (exact) mass is 337 g/mol. The highest BCUT2D eigenvalue weighted by atomic mass is 35.5. The zero-order valence-corrected chi connectivity index (χ0v) is 13.6. The predicted octanol–water partition coefficient (Wildman–Crippen LogP) is 3.20. The third-order valence-corrected chi connectivity index (χ3v) is 4.87. The van der Waals surface area contributed by atoms with Crippen molar-refractivity contribution in [1.82, 2.24) is 4.72 Å². The van der Waals surface area contributed by atoms with E-state index in [4.69, 9.17) is 11.6 Å². The summed E-state index contributed by atoms with van der Waals surface area (Å²) >= 11 is 5.76. The van der Waals surface area contributed by atoms with E-state index in [1.54, 1.807) is 48.5 Å². The Hall–Kier alpha value is -1.69. The van der Waals surface area contributed by atoms with Gasteiger partial charge in [-0.2, -0.15) is 0 Å². The fourth-order valence-electron chi connectivity index (χ4n) is 1.88. The van der Waals surface area contributed by atoms with Gasteiger partial charge in [0.1, 0.15) is 0 Å². The lowest BCUT2D eigenvalue weighted by Gasteiger charge is -2.07. The normalized spacial score (nSPS) is 11.4. The molecule has 0 amide bonds.